The van der Waals surface area contributed by atoms with Gasteiger partial charge in [-0.3, -0.25) is 4.79 Å². The van der Waals surface area contributed by atoms with Crippen LogP contribution in [0, 0.1) is 11.6 Å². The van der Waals surface area contributed by atoms with Gasteiger partial charge < -0.3 is 9.64 Å². The third-order valence-electron chi connectivity index (χ3n) is 4.38. The van der Waals surface area contributed by atoms with Crippen molar-refractivity contribution in [1.82, 2.24) is 4.90 Å². The summed E-state index contributed by atoms with van der Waals surface area (Å²) in [6, 6.07) is 10.2. The molecule has 0 fully saturated rings. The fourth-order valence-electron chi connectivity index (χ4n) is 3.05. The molecule has 0 unspecified atom stereocenters. The zero-order valence-corrected chi connectivity index (χ0v) is 13.0. The van der Waals surface area contributed by atoms with Crippen molar-refractivity contribution in [2.24, 2.45) is 0 Å². The normalized spacial score (nSPS) is 13.7. The van der Waals surface area contributed by atoms with Gasteiger partial charge in [-0.25, -0.2) is 8.78 Å². The summed E-state index contributed by atoms with van der Waals surface area (Å²) in [5, 5.41) is 0. The van der Waals surface area contributed by atoms with Crippen molar-refractivity contribution in [2.75, 3.05) is 14.2 Å². The van der Waals surface area contributed by atoms with Crippen molar-refractivity contribution in [2.45, 2.75) is 18.9 Å². The zero-order valence-electron chi connectivity index (χ0n) is 13.0. The van der Waals surface area contributed by atoms with Crippen molar-refractivity contribution >= 4 is 5.91 Å². The Labute approximate surface area is 133 Å². The Balaban J connectivity index is 1.84. The van der Waals surface area contributed by atoms with Gasteiger partial charge in [0.05, 0.1) is 12.7 Å². The van der Waals surface area contributed by atoms with Crippen molar-refractivity contribution in [1.29, 1.82) is 0 Å². The summed E-state index contributed by atoms with van der Waals surface area (Å²) in [6.07, 6.45) is 1.47. The van der Waals surface area contributed by atoms with Gasteiger partial charge in [0, 0.05) is 13.1 Å². The molecule has 3 nitrogen and oxygen atoms in total. The molecule has 2 aromatic rings. The number of carbonyl (C=O) groups excluding carboxylic acids is 1. The maximum absolute atomic E-state index is 14.3. The van der Waals surface area contributed by atoms with Crippen molar-refractivity contribution < 1.29 is 18.3 Å². The summed E-state index contributed by atoms with van der Waals surface area (Å²) < 4.78 is 32.5. The monoisotopic (exact) mass is 317 g/mol. The molecule has 2 aromatic carbocycles. The molecule has 0 spiro atoms. The van der Waals surface area contributed by atoms with E-state index in [9.17, 15) is 13.6 Å². The number of methoxy groups -OCH3 is 1. The average molecular weight is 317 g/mol. The van der Waals surface area contributed by atoms with E-state index >= 15 is 0 Å². The Morgan fingerprint density at radius 1 is 1.13 bits per heavy atom. The molecule has 0 saturated heterocycles. The van der Waals surface area contributed by atoms with E-state index in [2.05, 4.69) is 0 Å². The second kappa shape index (κ2) is 5.99. The molecule has 1 aliphatic rings. The molecule has 0 aliphatic heterocycles. The lowest BCUT2D eigenvalue weighted by molar-refractivity contribution is 0.0732. The molecule has 0 saturated carbocycles. The largest absolute Gasteiger partial charge is 0.491 e. The van der Waals surface area contributed by atoms with Crippen LogP contribution in [0.2, 0.25) is 0 Å². The van der Waals surface area contributed by atoms with Crippen molar-refractivity contribution in [3.8, 4) is 5.75 Å². The lowest BCUT2D eigenvalue weighted by Crippen LogP contribution is -2.38. The van der Waals surface area contributed by atoms with Crippen LogP contribution in [0.3, 0.4) is 0 Å². The summed E-state index contributed by atoms with van der Waals surface area (Å²) >= 11 is 0. The molecule has 5 heteroatoms. The van der Waals surface area contributed by atoms with Gasteiger partial charge in [-0.1, -0.05) is 24.3 Å². The molecule has 23 heavy (non-hydrogen) atoms. The topological polar surface area (TPSA) is 29.5 Å². The highest BCUT2D eigenvalue weighted by molar-refractivity contribution is 5.95. The molecule has 0 N–H and O–H groups in total. The smallest absolute Gasteiger partial charge is 0.256 e. The van der Waals surface area contributed by atoms with Gasteiger partial charge in [0.25, 0.3) is 5.91 Å². The maximum Gasteiger partial charge on any atom is 0.256 e. The summed E-state index contributed by atoms with van der Waals surface area (Å²) in [5.74, 6) is -2.78. The number of carbonyl (C=O) groups is 1. The quantitative estimate of drug-likeness (QED) is 0.870. The highest BCUT2D eigenvalue weighted by Crippen LogP contribution is 2.28. The van der Waals surface area contributed by atoms with Gasteiger partial charge in [0.1, 0.15) is 0 Å². The standard InChI is InChI=1S/C18H17F2NO2/c1-21(13-9-11-5-3-4-6-12(11)10-13)18(22)14-7-8-15(19)17(23-2)16(14)20/h3-8,13H,9-10H2,1-2H3. The highest BCUT2D eigenvalue weighted by atomic mass is 19.1. The molecule has 120 valence electrons. The first kappa shape index (κ1) is 15.5. The van der Waals surface area contributed by atoms with Crippen LogP contribution in [0.25, 0.3) is 0 Å². The van der Waals surface area contributed by atoms with Crippen LogP contribution in [0.15, 0.2) is 36.4 Å². The first-order valence-corrected chi connectivity index (χ1v) is 7.39. The predicted octanol–water partition coefficient (Wildman–Crippen LogP) is 3.21. The fourth-order valence-corrected chi connectivity index (χ4v) is 3.05. The molecule has 0 aromatic heterocycles. The van der Waals surface area contributed by atoms with Crippen molar-refractivity contribution in [3.05, 3.63) is 64.7 Å². The number of likely N-dealkylation sites (N-methyl/N-ethyl adjacent to an activating group) is 1. The van der Waals surface area contributed by atoms with E-state index < -0.39 is 23.3 Å². The maximum atomic E-state index is 14.3. The van der Waals surface area contributed by atoms with E-state index in [1.165, 1.54) is 23.1 Å². The van der Waals surface area contributed by atoms with Crippen LogP contribution < -0.4 is 4.74 Å². The van der Waals surface area contributed by atoms with E-state index in [0.717, 1.165) is 25.0 Å². The number of nitrogens with zero attached hydrogens (tertiary/aromatic N) is 1. The summed E-state index contributed by atoms with van der Waals surface area (Å²) in [4.78, 5) is 14.1. The van der Waals surface area contributed by atoms with Crippen LogP contribution >= 0.6 is 0 Å². The van der Waals surface area contributed by atoms with Gasteiger partial charge in [-0.05, 0) is 36.1 Å². The lowest BCUT2D eigenvalue weighted by atomic mass is 10.1. The average Bonchev–Trinajstić information content (AvgIpc) is 2.98. The zero-order chi connectivity index (χ0) is 16.6. The van der Waals surface area contributed by atoms with Crippen LogP contribution in [-0.4, -0.2) is 31.0 Å². The summed E-state index contributed by atoms with van der Waals surface area (Å²) in [6.45, 7) is 0. The Hall–Kier alpha value is -2.43. The number of halogens is 2. The number of benzene rings is 2. The van der Waals surface area contributed by atoms with Gasteiger partial charge in [-0.15, -0.1) is 0 Å². The molecule has 1 aliphatic carbocycles. The Morgan fingerprint density at radius 2 is 1.74 bits per heavy atom. The number of amides is 1. The summed E-state index contributed by atoms with van der Waals surface area (Å²) in [7, 11) is 2.82. The molecular weight excluding hydrogens is 300 g/mol. The number of rotatable bonds is 3. The minimum atomic E-state index is -0.958. The fraction of sp³-hybridized carbons (Fsp3) is 0.278. The number of hydrogen-bond acceptors (Lipinski definition) is 2. The first-order valence-electron chi connectivity index (χ1n) is 7.39. The predicted molar refractivity (Wildman–Crippen MR) is 82.6 cm³/mol. The Morgan fingerprint density at radius 3 is 2.30 bits per heavy atom. The number of ether oxygens (including phenoxy) is 1. The van der Waals surface area contributed by atoms with E-state index in [-0.39, 0.29) is 11.6 Å². The first-order chi connectivity index (χ1) is 11.0. The van der Waals surface area contributed by atoms with Gasteiger partial charge in [0.2, 0.25) is 0 Å². The van der Waals surface area contributed by atoms with Crippen LogP contribution in [0.4, 0.5) is 8.78 Å². The van der Waals surface area contributed by atoms with Gasteiger partial charge in [0.15, 0.2) is 17.4 Å². The van der Waals surface area contributed by atoms with Gasteiger partial charge >= 0.3 is 0 Å². The summed E-state index contributed by atoms with van der Waals surface area (Å²) in [5.41, 5.74) is 2.23. The SMILES string of the molecule is COc1c(F)ccc(C(=O)N(C)C2Cc3ccccc3C2)c1F. The van der Waals surface area contributed by atoms with Gasteiger partial charge in [-0.2, -0.15) is 0 Å². The second-order valence-corrected chi connectivity index (χ2v) is 5.69. The third kappa shape index (κ3) is 2.67. The van der Waals surface area contributed by atoms with Crippen molar-refractivity contribution in [3.63, 3.8) is 0 Å². The van der Waals surface area contributed by atoms with E-state index in [1.807, 2.05) is 24.3 Å². The molecule has 1 amide bonds. The van der Waals surface area contributed by atoms with Crippen LogP contribution in [0.1, 0.15) is 21.5 Å². The molecule has 3 rings (SSSR count). The van der Waals surface area contributed by atoms with Crippen LogP contribution in [-0.2, 0) is 12.8 Å². The molecule has 0 bridgehead atoms. The number of fused-ring (bicyclic) bond motifs is 1. The van der Waals surface area contributed by atoms with E-state index in [0.29, 0.717) is 0 Å². The van der Waals surface area contributed by atoms with E-state index in [1.54, 1.807) is 7.05 Å². The van der Waals surface area contributed by atoms with Crippen LogP contribution in [0.5, 0.6) is 5.75 Å². The Bertz CT molecular complexity index is 736. The lowest BCUT2D eigenvalue weighted by Gasteiger charge is -2.25. The third-order valence-corrected chi connectivity index (χ3v) is 4.38. The molecular formula is C18H17F2NO2. The molecule has 0 radical (unpaired) electrons. The number of hydrogen-bond donors (Lipinski definition) is 0. The molecule has 0 heterocycles. The van der Waals surface area contributed by atoms with E-state index in [4.69, 9.17) is 4.74 Å². The highest BCUT2D eigenvalue weighted by Gasteiger charge is 2.30. The minimum Gasteiger partial charge on any atom is -0.491 e. The minimum absolute atomic E-state index is 0.0321. The Kier molecular flexibility index (Phi) is 4.03. The second-order valence-electron chi connectivity index (χ2n) is 5.69. The molecule has 0 atom stereocenters.